The molecule has 6 heteroatoms. The van der Waals surface area contributed by atoms with Gasteiger partial charge in [0.25, 0.3) is 5.91 Å². The number of carbonyl (C=O) groups excluding carboxylic acids is 1. The highest BCUT2D eigenvalue weighted by molar-refractivity contribution is 5.94. The smallest absolute Gasteiger partial charge is 0.251 e. The van der Waals surface area contributed by atoms with Crippen molar-refractivity contribution >= 4 is 5.91 Å². The molecule has 1 saturated heterocycles. The number of ether oxygens (including phenoxy) is 3. The number of amides is 1. The van der Waals surface area contributed by atoms with Gasteiger partial charge < -0.3 is 24.6 Å². The second-order valence-corrected chi connectivity index (χ2v) is 6.02. The summed E-state index contributed by atoms with van der Waals surface area (Å²) in [6, 6.07) is 16.2. The van der Waals surface area contributed by atoms with Crippen LogP contribution in [0.4, 0.5) is 0 Å². The van der Waals surface area contributed by atoms with Gasteiger partial charge in [-0.1, -0.05) is 24.3 Å². The average molecular weight is 357 g/mol. The van der Waals surface area contributed by atoms with E-state index in [2.05, 4.69) is 5.32 Å². The Bertz CT molecular complexity index is 706. The van der Waals surface area contributed by atoms with Crippen molar-refractivity contribution in [2.24, 2.45) is 0 Å². The quantitative estimate of drug-likeness (QED) is 0.796. The lowest BCUT2D eigenvalue weighted by molar-refractivity contribution is -0.0612. The molecule has 1 heterocycles. The van der Waals surface area contributed by atoms with Crippen LogP contribution in [0.15, 0.2) is 54.6 Å². The molecular formula is C20H23NO5. The van der Waals surface area contributed by atoms with Crippen molar-refractivity contribution in [2.75, 3.05) is 26.4 Å². The molecule has 6 nitrogen and oxygen atoms in total. The summed E-state index contributed by atoms with van der Waals surface area (Å²) < 4.78 is 16.8. The van der Waals surface area contributed by atoms with E-state index in [0.717, 1.165) is 0 Å². The third-order valence-electron chi connectivity index (χ3n) is 4.11. The van der Waals surface area contributed by atoms with E-state index in [1.54, 1.807) is 24.3 Å². The van der Waals surface area contributed by atoms with Crippen molar-refractivity contribution in [1.82, 2.24) is 5.32 Å². The van der Waals surface area contributed by atoms with Crippen LogP contribution < -0.4 is 10.1 Å². The second kappa shape index (κ2) is 9.33. The number of aliphatic hydroxyl groups is 1. The molecule has 2 N–H and O–H groups in total. The van der Waals surface area contributed by atoms with Crippen LogP contribution >= 0.6 is 0 Å². The molecule has 26 heavy (non-hydrogen) atoms. The number of carbonyl (C=O) groups is 1. The topological polar surface area (TPSA) is 77.0 Å². The number of benzene rings is 2. The first-order chi connectivity index (χ1) is 12.8. The summed E-state index contributed by atoms with van der Waals surface area (Å²) >= 11 is 0. The lowest BCUT2D eigenvalue weighted by Gasteiger charge is -2.32. The molecule has 0 bridgehead atoms. The first-order valence-corrected chi connectivity index (χ1v) is 8.70. The predicted octanol–water partition coefficient (Wildman–Crippen LogP) is 2.38. The molecule has 0 unspecified atom stereocenters. The Kier molecular flexibility index (Phi) is 6.60. The lowest BCUT2D eigenvalue weighted by Crippen LogP contribution is -2.50. The number of nitrogens with one attached hydrogen (secondary N) is 1. The van der Waals surface area contributed by atoms with Gasteiger partial charge in [-0.3, -0.25) is 4.79 Å². The second-order valence-electron chi connectivity index (χ2n) is 6.02. The van der Waals surface area contributed by atoms with Gasteiger partial charge in [0.15, 0.2) is 0 Å². The minimum atomic E-state index is -0.249. The minimum Gasteiger partial charge on any atom is -0.457 e. The Labute approximate surface area is 152 Å². The van der Waals surface area contributed by atoms with Crippen molar-refractivity contribution in [3.05, 3.63) is 60.2 Å². The highest BCUT2D eigenvalue weighted by Gasteiger charge is 2.28. The fourth-order valence-corrected chi connectivity index (χ4v) is 2.83. The van der Waals surface area contributed by atoms with Crippen molar-refractivity contribution in [3.63, 3.8) is 0 Å². The zero-order chi connectivity index (χ0) is 18.2. The monoisotopic (exact) mass is 357 g/mol. The molecule has 1 aliphatic heterocycles. The zero-order valence-corrected chi connectivity index (χ0v) is 14.5. The van der Waals surface area contributed by atoms with E-state index in [-0.39, 0.29) is 31.3 Å². The van der Waals surface area contributed by atoms with Crippen LogP contribution in [0.1, 0.15) is 16.8 Å². The van der Waals surface area contributed by atoms with Gasteiger partial charge in [-0.05, 0) is 36.8 Å². The van der Waals surface area contributed by atoms with Gasteiger partial charge in [-0.25, -0.2) is 0 Å². The summed E-state index contributed by atoms with van der Waals surface area (Å²) in [6.07, 6.45) is 0.519. The van der Waals surface area contributed by atoms with Crippen LogP contribution in [0, 0.1) is 0 Å². The maximum atomic E-state index is 12.6. The van der Waals surface area contributed by atoms with E-state index in [4.69, 9.17) is 19.3 Å². The van der Waals surface area contributed by atoms with Gasteiger partial charge in [0.1, 0.15) is 11.5 Å². The molecule has 3 rings (SSSR count). The zero-order valence-electron chi connectivity index (χ0n) is 14.5. The fourth-order valence-electron chi connectivity index (χ4n) is 2.83. The molecule has 0 saturated carbocycles. The first-order valence-electron chi connectivity index (χ1n) is 8.70. The van der Waals surface area contributed by atoms with E-state index in [9.17, 15) is 4.79 Å². The maximum Gasteiger partial charge on any atom is 0.251 e. The summed E-state index contributed by atoms with van der Waals surface area (Å²) in [6.45, 7) is 1.18. The number of hydrogen-bond donors (Lipinski definition) is 2. The summed E-state index contributed by atoms with van der Waals surface area (Å²) in [4.78, 5) is 12.6. The molecule has 1 aliphatic rings. The Morgan fingerprint density at radius 3 is 2.77 bits per heavy atom. The van der Waals surface area contributed by atoms with E-state index in [1.165, 1.54) is 0 Å². The molecule has 0 aromatic heterocycles. The van der Waals surface area contributed by atoms with E-state index in [1.807, 2.05) is 30.3 Å². The highest BCUT2D eigenvalue weighted by atomic mass is 16.5. The van der Waals surface area contributed by atoms with E-state index >= 15 is 0 Å². The van der Waals surface area contributed by atoms with Crippen molar-refractivity contribution in [2.45, 2.75) is 18.6 Å². The largest absolute Gasteiger partial charge is 0.457 e. The maximum absolute atomic E-state index is 12.6. The summed E-state index contributed by atoms with van der Waals surface area (Å²) in [5.41, 5.74) is 0.505. The molecule has 1 amide bonds. The molecule has 2 atom stereocenters. The minimum absolute atomic E-state index is 0.0447. The molecule has 1 fully saturated rings. The first kappa shape index (κ1) is 18.4. The number of aliphatic hydroxyl groups excluding tert-OH is 1. The third kappa shape index (κ3) is 5.05. The molecule has 2 aromatic rings. The van der Waals surface area contributed by atoms with Crippen LogP contribution in [0.25, 0.3) is 0 Å². The predicted molar refractivity (Wildman–Crippen MR) is 96.5 cm³/mol. The SMILES string of the molecule is O=C(N[C@@H]1COCC[C@@H]1OCCO)c1cccc(Oc2ccccc2)c1. The summed E-state index contributed by atoms with van der Waals surface area (Å²) in [5, 5.41) is 11.9. The Morgan fingerprint density at radius 1 is 1.15 bits per heavy atom. The molecule has 138 valence electrons. The standard InChI is InChI=1S/C20H23NO5/c22-10-12-25-19-9-11-24-14-18(19)21-20(23)15-5-4-8-17(13-15)26-16-6-2-1-3-7-16/h1-8,13,18-19,22H,9-12,14H2,(H,21,23)/t18-,19+/m1/s1. The normalized spacial score (nSPS) is 19.7. The van der Waals surface area contributed by atoms with Crippen LogP contribution in [-0.4, -0.2) is 49.6 Å². The van der Waals surface area contributed by atoms with Gasteiger partial charge in [0, 0.05) is 12.2 Å². The van der Waals surface area contributed by atoms with Crippen LogP contribution in [-0.2, 0) is 9.47 Å². The van der Waals surface area contributed by atoms with Crippen molar-refractivity contribution in [1.29, 1.82) is 0 Å². The molecule has 0 radical (unpaired) electrons. The van der Waals surface area contributed by atoms with Crippen molar-refractivity contribution < 1.29 is 24.1 Å². The molecule has 2 aromatic carbocycles. The number of hydrogen-bond acceptors (Lipinski definition) is 5. The van der Waals surface area contributed by atoms with E-state index in [0.29, 0.717) is 36.7 Å². The number of rotatable bonds is 7. The molecule has 0 spiro atoms. The Hall–Kier alpha value is -2.41. The lowest BCUT2D eigenvalue weighted by atomic mass is 10.1. The highest BCUT2D eigenvalue weighted by Crippen LogP contribution is 2.22. The van der Waals surface area contributed by atoms with Crippen LogP contribution in [0.2, 0.25) is 0 Å². The molecular weight excluding hydrogens is 334 g/mol. The fraction of sp³-hybridized carbons (Fsp3) is 0.350. The van der Waals surface area contributed by atoms with Gasteiger partial charge in [0.2, 0.25) is 0 Å². The van der Waals surface area contributed by atoms with Gasteiger partial charge in [0.05, 0.1) is 32.0 Å². The van der Waals surface area contributed by atoms with E-state index < -0.39 is 0 Å². The Balaban J connectivity index is 1.64. The average Bonchev–Trinajstić information content (AvgIpc) is 2.68. The Morgan fingerprint density at radius 2 is 1.96 bits per heavy atom. The van der Waals surface area contributed by atoms with Crippen molar-refractivity contribution in [3.8, 4) is 11.5 Å². The summed E-state index contributed by atoms with van der Waals surface area (Å²) in [7, 11) is 0. The van der Waals surface area contributed by atoms with Gasteiger partial charge >= 0.3 is 0 Å². The summed E-state index contributed by atoms with van der Waals surface area (Å²) in [5.74, 6) is 1.09. The third-order valence-corrected chi connectivity index (χ3v) is 4.11. The number of para-hydroxylation sites is 1. The van der Waals surface area contributed by atoms with Gasteiger partial charge in [-0.2, -0.15) is 0 Å². The van der Waals surface area contributed by atoms with Gasteiger partial charge in [-0.15, -0.1) is 0 Å². The molecule has 0 aliphatic carbocycles. The van der Waals surface area contributed by atoms with Crippen LogP contribution in [0.5, 0.6) is 11.5 Å². The van der Waals surface area contributed by atoms with Crippen LogP contribution in [0.3, 0.4) is 0 Å².